The van der Waals surface area contributed by atoms with Gasteiger partial charge in [-0.15, -0.1) is 11.3 Å². The van der Waals surface area contributed by atoms with E-state index < -0.39 is 0 Å². The molecule has 0 amide bonds. The fourth-order valence-electron chi connectivity index (χ4n) is 4.24. The van der Waals surface area contributed by atoms with E-state index in [-0.39, 0.29) is 0 Å². The van der Waals surface area contributed by atoms with Gasteiger partial charge in [0.25, 0.3) is 0 Å². The minimum Gasteiger partial charge on any atom is -0.376 e. The Morgan fingerprint density at radius 1 is 1.04 bits per heavy atom. The lowest BCUT2D eigenvalue weighted by molar-refractivity contribution is 0.431. The van der Waals surface area contributed by atoms with Gasteiger partial charge < -0.3 is 5.32 Å². The molecule has 1 N–H and O–H groups in total. The second kappa shape index (κ2) is 4.97. The topological polar surface area (TPSA) is 12.0 Å². The van der Waals surface area contributed by atoms with Crippen LogP contribution in [0, 0.1) is 12.8 Å². The van der Waals surface area contributed by atoms with Gasteiger partial charge in [0.2, 0.25) is 0 Å². The van der Waals surface area contributed by atoms with E-state index in [4.69, 9.17) is 0 Å². The summed E-state index contributed by atoms with van der Waals surface area (Å²) < 4.78 is 0. The summed E-state index contributed by atoms with van der Waals surface area (Å²) in [6, 6.07) is 18.3. The third kappa shape index (κ3) is 1.98. The van der Waals surface area contributed by atoms with Crippen LogP contribution in [0.2, 0.25) is 0 Å². The molecule has 1 nitrogen and oxygen atoms in total. The standard InChI is InChI=1S/C21H19NS/c1-13-9-12-19(23-13)21-17-8-4-7-16(17)18-11-10-14-5-2-3-6-15(14)20(18)22-21/h2-7,9-12,16-17,21-22H,8H2,1H3. The lowest BCUT2D eigenvalue weighted by Gasteiger charge is -2.37. The number of aryl methyl sites for hydroxylation is 1. The van der Waals surface area contributed by atoms with Crippen molar-refractivity contribution >= 4 is 27.8 Å². The highest BCUT2D eigenvalue weighted by atomic mass is 32.1. The highest BCUT2D eigenvalue weighted by Gasteiger charge is 2.38. The molecule has 0 bridgehead atoms. The lowest BCUT2D eigenvalue weighted by Crippen LogP contribution is -2.28. The van der Waals surface area contributed by atoms with Crippen molar-refractivity contribution in [2.45, 2.75) is 25.3 Å². The first-order valence-electron chi connectivity index (χ1n) is 8.32. The van der Waals surface area contributed by atoms with Gasteiger partial charge in [-0.1, -0.05) is 48.6 Å². The fraction of sp³-hybridized carbons (Fsp3) is 0.238. The predicted octanol–water partition coefficient (Wildman–Crippen LogP) is 6.04. The molecule has 1 aromatic heterocycles. The second-order valence-electron chi connectivity index (χ2n) is 6.67. The molecular weight excluding hydrogens is 298 g/mol. The Balaban J connectivity index is 1.71. The second-order valence-corrected chi connectivity index (χ2v) is 7.99. The first kappa shape index (κ1) is 13.4. The van der Waals surface area contributed by atoms with Gasteiger partial charge in [0.1, 0.15) is 0 Å². The molecule has 3 atom stereocenters. The molecule has 3 aromatic rings. The number of hydrogen-bond donors (Lipinski definition) is 1. The molecule has 2 heteroatoms. The average Bonchev–Trinajstić information content (AvgIpc) is 3.23. The van der Waals surface area contributed by atoms with Crippen LogP contribution in [0.15, 0.2) is 60.7 Å². The molecule has 3 unspecified atom stereocenters. The minimum atomic E-state index is 0.423. The van der Waals surface area contributed by atoms with Gasteiger partial charge in [0, 0.05) is 26.7 Å². The monoisotopic (exact) mass is 317 g/mol. The van der Waals surface area contributed by atoms with Crippen LogP contribution in [0.3, 0.4) is 0 Å². The van der Waals surface area contributed by atoms with Gasteiger partial charge in [-0.3, -0.25) is 0 Å². The molecule has 0 saturated carbocycles. The maximum atomic E-state index is 3.91. The zero-order chi connectivity index (χ0) is 15.4. The van der Waals surface area contributed by atoms with Crippen LogP contribution >= 0.6 is 11.3 Å². The zero-order valence-electron chi connectivity index (χ0n) is 13.1. The van der Waals surface area contributed by atoms with Crippen molar-refractivity contribution in [1.29, 1.82) is 0 Å². The third-order valence-electron chi connectivity index (χ3n) is 5.33. The molecule has 5 rings (SSSR count). The Morgan fingerprint density at radius 2 is 1.96 bits per heavy atom. The van der Waals surface area contributed by atoms with Crippen molar-refractivity contribution < 1.29 is 0 Å². The summed E-state index contributed by atoms with van der Waals surface area (Å²) in [6.45, 7) is 2.20. The number of fused-ring (bicyclic) bond motifs is 5. The average molecular weight is 317 g/mol. The Bertz CT molecular complexity index is 920. The Morgan fingerprint density at radius 3 is 2.83 bits per heavy atom. The van der Waals surface area contributed by atoms with Crippen LogP contribution in [0.5, 0.6) is 0 Å². The number of nitrogens with one attached hydrogen (secondary N) is 1. The van der Waals surface area contributed by atoms with Gasteiger partial charge in [-0.25, -0.2) is 0 Å². The van der Waals surface area contributed by atoms with Crippen molar-refractivity contribution in [3.05, 3.63) is 76.0 Å². The van der Waals surface area contributed by atoms with Gasteiger partial charge >= 0.3 is 0 Å². The van der Waals surface area contributed by atoms with Crippen molar-refractivity contribution in [2.24, 2.45) is 5.92 Å². The van der Waals surface area contributed by atoms with Crippen LogP contribution in [-0.4, -0.2) is 0 Å². The Kier molecular flexibility index (Phi) is 2.89. The van der Waals surface area contributed by atoms with Crippen LogP contribution in [-0.2, 0) is 0 Å². The molecule has 2 heterocycles. The van der Waals surface area contributed by atoms with E-state index in [2.05, 4.69) is 72.9 Å². The highest BCUT2D eigenvalue weighted by Crippen LogP contribution is 2.52. The van der Waals surface area contributed by atoms with Crippen molar-refractivity contribution in [2.75, 3.05) is 5.32 Å². The normalized spacial score (nSPS) is 25.2. The first-order chi connectivity index (χ1) is 11.3. The van der Waals surface area contributed by atoms with Gasteiger partial charge in [-0.05, 0) is 42.3 Å². The smallest absolute Gasteiger partial charge is 0.0646 e. The van der Waals surface area contributed by atoms with Crippen molar-refractivity contribution in [3.63, 3.8) is 0 Å². The molecule has 2 aromatic carbocycles. The van der Waals surface area contributed by atoms with Crippen molar-refractivity contribution in [1.82, 2.24) is 0 Å². The lowest BCUT2D eigenvalue weighted by atomic mass is 9.78. The number of hydrogen-bond acceptors (Lipinski definition) is 2. The van der Waals surface area contributed by atoms with Crippen molar-refractivity contribution in [3.8, 4) is 0 Å². The number of allylic oxidation sites excluding steroid dienone is 2. The quantitative estimate of drug-likeness (QED) is 0.540. The number of rotatable bonds is 1. The maximum absolute atomic E-state index is 3.91. The summed E-state index contributed by atoms with van der Waals surface area (Å²) in [6.07, 6.45) is 5.97. The molecule has 0 radical (unpaired) electrons. The van der Waals surface area contributed by atoms with E-state index in [1.54, 1.807) is 0 Å². The van der Waals surface area contributed by atoms with Gasteiger partial charge in [0.15, 0.2) is 0 Å². The van der Waals surface area contributed by atoms with Crippen LogP contribution < -0.4 is 5.32 Å². The van der Waals surface area contributed by atoms with E-state index in [1.165, 1.54) is 38.2 Å². The SMILES string of the molecule is Cc1ccc(C2Nc3c(ccc4ccccc34)C3C=CCC32)s1. The molecule has 2 aliphatic rings. The zero-order valence-corrected chi connectivity index (χ0v) is 13.9. The largest absolute Gasteiger partial charge is 0.376 e. The summed E-state index contributed by atoms with van der Waals surface area (Å²) in [5, 5.41) is 6.58. The highest BCUT2D eigenvalue weighted by molar-refractivity contribution is 7.12. The van der Waals surface area contributed by atoms with E-state index in [0.29, 0.717) is 17.9 Å². The van der Waals surface area contributed by atoms with Gasteiger partial charge in [-0.2, -0.15) is 0 Å². The number of thiophene rings is 1. The van der Waals surface area contributed by atoms with E-state index in [0.717, 1.165) is 0 Å². The summed E-state index contributed by atoms with van der Waals surface area (Å²) >= 11 is 1.93. The van der Waals surface area contributed by atoms with E-state index >= 15 is 0 Å². The molecule has 0 fully saturated rings. The van der Waals surface area contributed by atoms with Crippen LogP contribution in [0.25, 0.3) is 10.8 Å². The summed E-state index contributed by atoms with van der Waals surface area (Å²) in [5.41, 5.74) is 2.80. The number of anilines is 1. The molecule has 1 aliphatic carbocycles. The number of benzene rings is 2. The van der Waals surface area contributed by atoms with E-state index in [1.807, 2.05) is 11.3 Å². The minimum absolute atomic E-state index is 0.423. The molecule has 0 saturated heterocycles. The molecule has 114 valence electrons. The summed E-state index contributed by atoms with van der Waals surface area (Å²) in [4.78, 5) is 2.87. The fourth-order valence-corrected chi connectivity index (χ4v) is 5.25. The van der Waals surface area contributed by atoms with Crippen LogP contribution in [0.1, 0.15) is 33.7 Å². The predicted molar refractivity (Wildman–Crippen MR) is 99.4 cm³/mol. The molecule has 1 aliphatic heterocycles. The molecule has 23 heavy (non-hydrogen) atoms. The van der Waals surface area contributed by atoms with Gasteiger partial charge in [0.05, 0.1) is 6.04 Å². The Labute approximate surface area is 140 Å². The third-order valence-corrected chi connectivity index (χ3v) is 6.41. The summed E-state index contributed by atoms with van der Waals surface area (Å²) in [5.74, 6) is 1.19. The first-order valence-corrected chi connectivity index (χ1v) is 9.14. The maximum Gasteiger partial charge on any atom is 0.0646 e. The molecule has 0 spiro atoms. The summed E-state index contributed by atoms with van der Waals surface area (Å²) in [7, 11) is 0. The van der Waals surface area contributed by atoms with E-state index in [9.17, 15) is 0 Å². The molecular formula is C21H19NS. The van der Waals surface area contributed by atoms with Crippen LogP contribution in [0.4, 0.5) is 5.69 Å². The Hall–Kier alpha value is -2.06.